The van der Waals surface area contributed by atoms with E-state index >= 15 is 0 Å². The van der Waals surface area contributed by atoms with Crippen molar-refractivity contribution in [2.75, 3.05) is 13.2 Å². The van der Waals surface area contributed by atoms with Gasteiger partial charge in [0.15, 0.2) is 6.04 Å². The largest absolute Gasteiger partial charge is 0.613 e. The summed E-state index contributed by atoms with van der Waals surface area (Å²) in [6.45, 7) is 1.90. The van der Waals surface area contributed by atoms with Gasteiger partial charge >= 0.3 is 5.97 Å². The molecule has 0 aliphatic heterocycles. The van der Waals surface area contributed by atoms with Gasteiger partial charge in [-0.3, -0.25) is 9.97 Å². The van der Waals surface area contributed by atoms with Gasteiger partial charge in [-0.15, -0.1) is 0 Å². The quantitative estimate of drug-likeness (QED) is 0.297. The second-order valence-electron chi connectivity index (χ2n) is 4.16. The summed E-state index contributed by atoms with van der Waals surface area (Å²) in [7, 11) is 0. The number of nitrogens with one attached hydrogen (secondary N) is 2. The van der Waals surface area contributed by atoms with E-state index in [0.717, 1.165) is 19.3 Å². The molecule has 2 unspecified atom stereocenters. The fourth-order valence-electron chi connectivity index (χ4n) is 1.52. The summed E-state index contributed by atoms with van der Waals surface area (Å²) < 4.78 is 0. The van der Waals surface area contributed by atoms with Crippen molar-refractivity contribution in [1.29, 1.82) is 0 Å². The number of hydroxylamine groups is 1. The highest BCUT2D eigenvalue weighted by atomic mass is 16.5. The number of hydrogen-bond donors (Lipinski definition) is 4. The standard InChI is InChI=1S/C11H24N2O4/c1-2-3-4-5-6-7-8-13(17)12-10(9-14)11(15)16/h10,12-14H,2-9H2,1H3,(H,15,16). The maximum Gasteiger partial charge on any atom is 0.328 e. The van der Waals surface area contributed by atoms with Crippen LogP contribution >= 0.6 is 0 Å². The molecule has 0 aliphatic carbocycles. The van der Waals surface area contributed by atoms with Crippen molar-refractivity contribution in [2.24, 2.45) is 0 Å². The smallest absolute Gasteiger partial charge is 0.328 e. The maximum atomic E-state index is 11.3. The van der Waals surface area contributed by atoms with E-state index in [1.54, 1.807) is 0 Å². The predicted octanol–water partition coefficient (Wildman–Crippen LogP) is -0.320. The van der Waals surface area contributed by atoms with E-state index in [1.807, 2.05) is 0 Å². The first-order chi connectivity index (χ1) is 8.11. The molecule has 0 radical (unpaired) electrons. The van der Waals surface area contributed by atoms with Crippen LogP contribution in [-0.4, -0.2) is 35.4 Å². The van der Waals surface area contributed by atoms with Gasteiger partial charge in [0.1, 0.15) is 0 Å². The number of rotatable bonds is 11. The molecule has 0 aliphatic rings. The summed E-state index contributed by atoms with van der Waals surface area (Å²) in [5, 5.41) is 28.4. The van der Waals surface area contributed by atoms with Crippen molar-refractivity contribution in [2.45, 2.75) is 51.5 Å². The van der Waals surface area contributed by atoms with E-state index in [0.29, 0.717) is 6.54 Å². The zero-order chi connectivity index (χ0) is 13.1. The summed E-state index contributed by atoms with van der Waals surface area (Å²) in [6.07, 6.45) is 6.47. The first-order valence-electron chi connectivity index (χ1n) is 6.24. The lowest BCUT2D eigenvalue weighted by molar-refractivity contribution is -0.898. The maximum absolute atomic E-state index is 11.3. The Morgan fingerprint density at radius 3 is 2.41 bits per heavy atom. The van der Waals surface area contributed by atoms with Crippen LogP contribution < -0.4 is 10.6 Å². The summed E-state index contributed by atoms with van der Waals surface area (Å²) >= 11 is 0. The molecule has 0 saturated carbocycles. The van der Waals surface area contributed by atoms with E-state index in [4.69, 9.17) is 10.2 Å². The van der Waals surface area contributed by atoms with Crippen LogP contribution in [0.25, 0.3) is 0 Å². The van der Waals surface area contributed by atoms with Gasteiger partial charge in [-0.2, -0.15) is 5.43 Å². The fraction of sp³-hybridized carbons (Fsp3) is 0.909. The van der Waals surface area contributed by atoms with E-state index in [1.165, 1.54) is 19.3 Å². The number of carboxylic acid groups (broad SMARTS) is 1. The molecule has 17 heavy (non-hydrogen) atoms. The first-order valence-corrected chi connectivity index (χ1v) is 6.24. The van der Waals surface area contributed by atoms with Crippen LogP contribution in [-0.2, 0) is 4.79 Å². The van der Waals surface area contributed by atoms with Crippen molar-refractivity contribution >= 4 is 5.97 Å². The fourth-order valence-corrected chi connectivity index (χ4v) is 1.52. The molecule has 0 amide bonds. The Labute approximate surface area is 102 Å². The Balaban J connectivity index is 3.51. The molecule has 4 N–H and O–H groups in total. The van der Waals surface area contributed by atoms with Gasteiger partial charge in [-0.25, -0.2) is 0 Å². The molecule has 6 heteroatoms. The normalized spacial score (nSPS) is 14.5. The van der Waals surface area contributed by atoms with Crippen molar-refractivity contribution < 1.29 is 20.2 Å². The van der Waals surface area contributed by atoms with Crippen LogP contribution in [0.5, 0.6) is 0 Å². The number of carbonyl (C=O) groups is 1. The molecule has 0 aromatic rings. The topological polar surface area (TPSA) is 97.1 Å². The molecule has 2 atom stereocenters. The van der Waals surface area contributed by atoms with Gasteiger partial charge in [-0.05, 0) is 12.8 Å². The van der Waals surface area contributed by atoms with Gasteiger partial charge in [-0.1, -0.05) is 32.6 Å². The van der Waals surface area contributed by atoms with Crippen LogP contribution in [0.3, 0.4) is 0 Å². The summed E-state index contributed by atoms with van der Waals surface area (Å²) in [5.41, 5.74) is 2.28. The molecular formula is C11H24N2O4. The molecule has 0 bridgehead atoms. The molecule has 0 rings (SSSR count). The van der Waals surface area contributed by atoms with Gasteiger partial charge < -0.3 is 15.4 Å². The molecule has 0 saturated heterocycles. The van der Waals surface area contributed by atoms with Crippen molar-refractivity contribution in [1.82, 2.24) is 5.43 Å². The molecule has 0 aromatic carbocycles. The second kappa shape index (κ2) is 10.5. The van der Waals surface area contributed by atoms with Crippen LogP contribution in [0.15, 0.2) is 0 Å². The van der Waals surface area contributed by atoms with Crippen molar-refractivity contribution in [3.05, 3.63) is 5.21 Å². The summed E-state index contributed by atoms with van der Waals surface area (Å²) in [6, 6.07) is -1.18. The lowest BCUT2D eigenvalue weighted by atomic mass is 10.1. The summed E-state index contributed by atoms with van der Waals surface area (Å²) in [5.74, 6) is -1.20. The molecule has 0 spiro atoms. The van der Waals surface area contributed by atoms with Crippen molar-refractivity contribution in [3.63, 3.8) is 0 Å². The lowest BCUT2D eigenvalue weighted by Gasteiger charge is -2.25. The minimum absolute atomic E-state index is 0.304. The summed E-state index contributed by atoms with van der Waals surface area (Å²) in [4.78, 5) is 10.5. The van der Waals surface area contributed by atoms with E-state index in [9.17, 15) is 10.0 Å². The molecule has 0 heterocycles. The molecular weight excluding hydrogens is 224 g/mol. The number of carboxylic acids is 1. The average Bonchev–Trinajstić information content (AvgIpc) is 2.30. The number of unbranched alkanes of at least 4 members (excludes halogenated alkanes) is 5. The third-order valence-corrected chi connectivity index (χ3v) is 2.57. The predicted molar refractivity (Wildman–Crippen MR) is 64.2 cm³/mol. The number of hydrogen-bond acceptors (Lipinski definition) is 4. The molecule has 0 aromatic heterocycles. The van der Waals surface area contributed by atoms with E-state index < -0.39 is 18.6 Å². The molecule has 6 nitrogen and oxygen atoms in total. The van der Waals surface area contributed by atoms with E-state index in [-0.39, 0.29) is 5.17 Å². The Morgan fingerprint density at radius 1 is 1.29 bits per heavy atom. The second-order valence-corrected chi connectivity index (χ2v) is 4.16. The van der Waals surface area contributed by atoms with Crippen molar-refractivity contribution in [3.8, 4) is 0 Å². The average molecular weight is 248 g/mol. The Bertz CT molecular complexity index is 202. The van der Waals surface area contributed by atoms with Crippen LogP contribution in [0, 0.1) is 5.21 Å². The van der Waals surface area contributed by atoms with Gasteiger partial charge in [0.25, 0.3) is 0 Å². The third-order valence-electron chi connectivity index (χ3n) is 2.57. The number of quaternary nitrogens is 1. The zero-order valence-electron chi connectivity index (χ0n) is 10.4. The highest BCUT2D eigenvalue weighted by molar-refractivity contribution is 5.73. The van der Waals surface area contributed by atoms with Gasteiger partial charge in [0, 0.05) is 0 Å². The van der Waals surface area contributed by atoms with Crippen LogP contribution in [0.1, 0.15) is 45.4 Å². The lowest BCUT2D eigenvalue weighted by Crippen LogP contribution is -3.15. The Kier molecular flexibility index (Phi) is 10.0. The zero-order valence-corrected chi connectivity index (χ0v) is 10.4. The minimum Gasteiger partial charge on any atom is -0.613 e. The Hall–Kier alpha value is -0.690. The molecule has 0 fully saturated rings. The highest BCUT2D eigenvalue weighted by Gasteiger charge is 2.18. The molecule has 102 valence electrons. The van der Waals surface area contributed by atoms with E-state index in [2.05, 4.69) is 12.3 Å². The minimum atomic E-state index is -1.20. The van der Waals surface area contributed by atoms with Crippen LogP contribution in [0.2, 0.25) is 0 Å². The number of aliphatic carboxylic acids is 1. The SMILES string of the molecule is CCCCCCCC[NH+]([O-])NC(CO)C(=O)O. The van der Waals surface area contributed by atoms with Gasteiger partial charge in [0.05, 0.1) is 13.2 Å². The Morgan fingerprint density at radius 2 is 1.88 bits per heavy atom. The van der Waals surface area contributed by atoms with Crippen LogP contribution in [0.4, 0.5) is 0 Å². The number of aliphatic hydroxyl groups is 1. The van der Waals surface area contributed by atoms with Gasteiger partial charge in [0.2, 0.25) is 0 Å². The monoisotopic (exact) mass is 248 g/mol. The number of aliphatic hydroxyl groups excluding tert-OH is 1. The third kappa shape index (κ3) is 9.05. The highest BCUT2D eigenvalue weighted by Crippen LogP contribution is 2.03. The first kappa shape index (κ1) is 16.3.